The van der Waals surface area contributed by atoms with Crippen molar-refractivity contribution in [2.45, 2.75) is 52.7 Å². The van der Waals surface area contributed by atoms with Crippen molar-refractivity contribution in [1.29, 1.82) is 0 Å². The Kier molecular flexibility index (Phi) is 7.41. The Balaban J connectivity index is 5.01. The lowest BCUT2D eigenvalue weighted by atomic mass is 10.2. The molecule has 0 unspecified atom stereocenters. The molecule has 0 aliphatic heterocycles. The van der Waals surface area contributed by atoms with E-state index < -0.39 is 23.4 Å². The number of hydrogen-bond donors (Lipinski definition) is 0. The number of carbonyl (C=O) groups is 2. The summed E-state index contributed by atoms with van der Waals surface area (Å²) in [5.41, 5.74) is -1.40. The minimum atomic E-state index is -0.763. The van der Waals surface area contributed by atoms with E-state index in [1.54, 1.807) is 41.5 Å². The number of carbonyl (C=O) groups excluding carboxylic acids is 2. The Hall–Kier alpha value is -1.74. The van der Waals surface area contributed by atoms with Gasteiger partial charge in [-0.2, -0.15) is 0 Å². The van der Waals surface area contributed by atoms with Gasteiger partial charge in [0, 0.05) is 0 Å². The predicted molar refractivity (Wildman–Crippen MR) is 85.5 cm³/mol. The first-order chi connectivity index (χ1) is 9.82. The molecule has 6 heteroatoms. The van der Waals surface area contributed by atoms with Gasteiger partial charge in [-0.15, -0.1) is 0 Å². The third-order valence-corrected chi connectivity index (χ3v) is 1.99. The topological polar surface area (TPSA) is 59.1 Å². The monoisotopic (exact) mass is 312 g/mol. The first kappa shape index (κ1) is 20.3. The lowest BCUT2D eigenvalue weighted by Gasteiger charge is -2.27. The van der Waals surface area contributed by atoms with Gasteiger partial charge in [0.05, 0.1) is 13.1 Å². The number of amides is 2. The first-order valence-electron chi connectivity index (χ1n) is 7.16. The Morgan fingerprint density at radius 2 is 1.18 bits per heavy atom. The predicted octanol–water partition coefficient (Wildman–Crippen LogP) is 2.72. The van der Waals surface area contributed by atoms with Gasteiger partial charge in [-0.3, -0.25) is 4.90 Å². The summed E-state index contributed by atoms with van der Waals surface area (Å²) < 4.78 is 10.4. The average Bonchev–Trinajstić information content (AvgIpc) is 2.22. The quantitative estimate of drug-likeness (QED) is 0.734. The molecule has 0 atom stereocenters. The molecule has 0 saturated heterocycles. The number of nitrogens with zero attached hydrogens (tertiary/aromatic N) is 2. The van der Waals surface area contributed by atoms with E-state index >= 15 is 0 Å². The molecule has 0 spiro atoms. The zero-order valence-corrected chi connectivity index (χ0v) is 14.9. The second-order valence-corrected chi connectivity index (χ2v) is 7.14. The van der Waals surface area contributed by atoms with Crippen LogP contribution in [-0.2, 0) is 9.47 Å². The van der Waals surface area contributed by atoms with Crippen molar-refractivity contribution in [3.05, 3.63) is 0 Å². The van der Waals surface area contributed by atoms with Crippen LogP contribution in [0.4, 0.5) is 9.59 Å². The summed E-state index contributed by atoms with van der Waals surface area (Å²) in [6, 6.07) is 0. The zero-order chi connectivity index (χ0) is 17.6. The SMILES string of the molecule is CN(C)CC#CCN(C(=O)OC(C)(C)C)C(=O)OC(C)(C)C. The number of imide groups is 1. The average molecular weight is 312 g/mol. The maximum atomic E-state index is 12.1. The van der Waals surface area contributed by atoms with Crippen molar-refractivity contribution in [2.24, 2.45) is 0 Å². The molecular formula is C16H28N2O4. The van der Waals surface area contributed by atoms with Gasteiger partial charge in [-0.1, -0.05) is 11.8 Å². The van der Waals surface area contributed by atoms with Crippen LogP contribution in [0.15, 0.2) is 0 Å². The molecule has 22 heavy (non-hydrogen) atoms. The van der Waals surface area contributed by atoms with Gasteiger partial charge in [0.15, 0.2) is 0 Å². The van der Waals surface area contributed by atoms with Crippen LogP contribution in [0.1, 0.15) is 41.5 Å². The Labute approximate surface area is 133 Å². The lowest BCUT2D eigenvalue weighted by Crippen LogP contribution is -2.43. The zero-order valence-electron chi connectivity index (χ0n) is 14.9. The molecule has 0 aromatic heterocycles. The second kappa shape index (κ2) is 8.04. The maximum absolute atomic E-state index is 12.1. The van der Waals surface area contributed by atoms with E-state index in [0.717, 1.165) is 4.90 Å². The van der Waals surface area contributed by atoms with Gasteiger partial charge in [-0.25, -0.2) is 14.5 Å². The third kappa shape index (κ3) is 10.1. The van der Waals surface area contributed by atoms with Crippen molar-refractivity contribution in [3.63, 3.8) is 0 Å². The number of rotatable bonds is 2. The van der Waals surface area contributed by atoms with E-state index in [-0.39, 0.29) is 6.54 Å². The third-order valence-electron chi connectivity index (χ3n) is 1.99. The van der Waals surface area contributed by atoms with Crippen LogP contribution in [0.25, 0.3) is 0 Å². The summed E-state index contributed by atoms with van der Waals surface area (Å²) in [4.78, 5) is 27.0. The highest BCUT2D eigenvalue weighted by atomic mass is 16.6. The number of ether oxygens (including phenoxy) is 2. The van der Waals surface area contributed by atoms with Crippen molar-refractivity contribution >= 4 is 12.2 Å². The summed E-state index contributed by atoms with van der Waals surface area (Å²) in [5, 5.41) is 0. The van der Waals surface area contributed by atoms with E-state index in [0.29, 0.717) is 6.54 Å². The molecule has 0 bridgehead atoms. The van der Waals surface area contributed by atoms with E-state index in [2.05, 4.69) is 11.8 Å². The van der Waals surface area contributed by atoms with Gasteiger partial charge < -0.3 is 9.47 Å². The Morgan fingerprint density at radius 3 is 1.50 bits per heavy atom. The van der Waals surface area contributed by atoms with Crippen LogP contribution in [0.3, 0.4) is 0 Å². The minimum absolute atomic E-state index is 0.0718. The van der Waals surface area contributed by atoms with Crippen LogP contribution in [-0.4, -0.2) is 60.4 Å². The molecule has 2 amide bonds. The fraction of sp³-hybridized carbons (Fsp3) is 0.750. The summed E-state index contributed by atoms with van der Waals surface area (Å²) >= 11 is 0. The molecule has 0 aromatic carbocycles. The summed E-state index contributed by atoms with van der Waals surface area (Å²) in [5.74, 6) is 5.65. The molecule has 0 aromatic rings. The van der Waals surface area contributed by atoms with Crippen molar-refractivity contribution < 1.29 is 19.1 Å². The van der Waals surface area contributed by atoms with Crippen LogP contribution < -0.4 is 0 Å². The van der Waals surface area contributed by atoms with Crippen molar-refractivity contribution in [3.8, 4) is 11.8 Å². The van der Waals surface area contributed by atoms with E-state index in [1.807, 2.05) is 19.0 Å². The van der Waals surface area contributed by atoms with Gasteiger partial charge in [0.2, 0.25) is 0 Å². The fourth-order valence-electron chi connectivity index (χ4n) is 1.19. The summed E-state index contributed by atoms with van der Waals surface area (Å²) in [7, 11) is 3.77. The molecule has 0 saturated carbocycles. The molecule has 0 heterocycles. The highest BCUT2D eigenvalue weighted by Gasteiger charge is 2.30. The molecule has 0 N–H and O–H groups in total. The standard InChI is InChI=1S/C16H28N2O4/c1-15(2,3)21-13(19)18(12-10-9-11-17(7)8)14(20)22-16(4,5)6/h11-12H2,1-8H3. The molecular weight excluding hydrogens is 284 g/mol. The van der Waals surface area contributed by atoms with Crippen LogP contribution in [0.5, 0.6) is 0 Å². The highest BCUT2D eigenvalue weighted by Crippen LogP contribution is 2.14. The van der Waals surface area contributed by atoms with Gasteiger partial charge in [-0.05, 0) is 55.6 Å². The van der Waals surface area contributed by atoms with E-state index in [1.165, 1.54) is 0 Å². The molecule has 0 aliphatic carbocycles. The van der Waals surface area contributed by atoms with E-state index in [4.69, 9.17) is 9.47 Å². The van der Waals surface area contributed by atoms with Crippen LogP contribution in [0, 0.1) is 11.8 Å². The van der Waals surface area contributed by atoms with Gasteiger partial charge >= 0.3 is 12.2 Å². The normalized spacial score (nSPS) is 11.5. The number of hydrogen-bond acceptors (Lipinski definition) is 5. The van der Waals surface area contributed by atoms with Crippen LogP contribution in [0.2, 0.25) is 0 Å². The molecule has 6 nitrogen and oxygen atoms in total. The van der Waals surface area contributed by atoms with Gasteiger partial charge in [0.25, 0.3) is 0 Å². The smallest absolute Gasteiger partial charge is 0.420 e. The highest BCUT2D eigenvalue weighted by molar-refractivity contribution is 5.88. The van der Waals surface area contributed by atoms with Crippen LogP contribution >= 0.6 is 0 Å². The summed E-state index contributed by atoms with van der Waals surface area (Å²) in [6.45, 7) is 10.9. The molecule has 0 rings (SSSR count). The van der Waals surface area contributed by atoms with Crippen molar-refractivity contribution in [1.82, 2.24) is 9.80 Å². The first-order valence-corrected chi connectivity index (χ1v) is 7.16. The largest absolute Gasteiger partial charge is 0.443 e. The molecule has 126 valence electrons. The Morgan fingerprint density at radius 1 is 0.818 bits per heavy atom. The minimum Gasteiger partial charge on any atom is -0.443 e. The second-order valence-electron chi connectivity index (χ2n) is 7.14. The molecule has 0 fully saturated rings. The molecule has 0 aliphatic rings. The van der Waals surface area contributed by atoms with Crippen molar-refractivity contribution in [2.75, 3.05) is 27.2 Å². The summed E-state index contributed by atoms with van der Waals surface area (Å²) in [6.07, 6.45) is -1.53. The lowest BCUT2D eigenvalue weighted by molar-refractivity contribution is 0.00412. The van der Waals surface area contributed by atoms with E-state index in [9.17, 15) is 9.59 Å². The fourth-order valence-corrected chi connectivity index (χ4v) is 1.19. The Bertz CT molecular complexity index is 419. The van der Waals surface area contributed by atoms with Gasteiger partial charge in [0.1, 0.15) is 11.2 Å². The molecule has 0 radical (unpaired) electrons. The maximum Gasteiger partial charge on any atom is 0.420 e.